The van der Waals surface area contributed by atoms with Crippen LogP contribution in [0.1, 0.15) is 0 Å². The summed E-state index contributed by atoms with van der Waals surface area (Å²) in [5, 5.41) is 48.9. The normalized spacial score (nSPS) is 42.0. The molecule has 5 unspecified atom stereocenters. The Balaban J connectivity index is 2.46. The third-order valence-electron chi connectivity index (χ3n) is 3.52. The van der Waals surface area contributed by atoms with Gasteiger partial charge in [-0.2, -0.15) is 0 Å². The van der Waals surface area contributed by atoms with Gasteiger partial charge in [0.05, 0.1) is 13.7 Å². The van der Waals surface area contributed by atoms with Gasteiger partial charge in [0.2, 0.25) is 5.76 Å². The van der Waals surface area contributed by atoms with E-state index in [-0.39, 0.29) is 5.76 Å². The minimum absolute atomic E-state index is 0.320. The first-order valence-corrected chi connectivity index (χ1v) is 6.78. The van der Waals surface area contributed by atoms with Crippen molar-refractivity contribution in [3.8, 4) is 0 Å². The van der Waals surface area contributed by atoms with Crippen LogP contribution in [0.25, 0.3) is 0 Å². The summed E-state index contributed by atoms with van der Waals surface area (Å²) in [6.07, 6.45) is -3.82. The summed E-state index contributed by atoms with van der Waals surface area (Å²) >= 11 is 0. The number of rotatable bonds is 2. The summed E-state index contributed by atoms with van der Waals surface area (Å²) in [7, 11) is 1.20. The van der Waals surface area contributed by atoms with Crippen molar-refractivity contribution in [1.29, 1.82) is 0 Å². The summed E-state index contributed by atoms with van der Waals surface area (Å²) in [6.45, 7) is -0.595. The van der Waals surface area contributed by atoms with E-state index in [4.69, 9.17) is 14.2 Å². The largest absolute Gasteiger partial charge is 0.504 e. The standard InChI is InChI=1S/C14H18O9/c1-21-13-6(16)2-3-10(18)23-14-8(4-7(13)17)22-9(5-15)11(19)12(14)20/h2-4,8-9,11-12,14-17,19-20H,5H2,1H3/b3-2+,7-4-,13-6+. The fourth-order valence-electron chi connectivity index (χ4n) is 2.36. The highest BCUT2D eigenvalue weighted by Crippen LogP contribution is 2.27. The van der Waals surface area contributed by atoms with Gasteiger partial charge in [-0.3, -0.25) is 0 Å². The molecule has 1 saturated heterocycles. The first-order valence-electron chi connectivity index (χ1n) is 6.78. The van der Waals surface area contributed by atoms with Crippen LogP contribution in [0.2, 0.25) is 0 Å². The molecule has 0 saturated carbocycles. The monoisotopic (exact) mass is 330 g/mol. The van der Waals surface area contributed by atoms with Gasteiger partial charge >= 0.3 is 5.97 Å². The maximum Gasteiger partial charge on any atom is 0.331 e. The van der Waals surface area contributed by atoms with Gasteiger partial charge in [0.15, 0.2) is 17.6 Å². The van der Waals surface area contributed by atoms with Crippen molar-refractivity contribution in [2.24, 2.45) is 0 Å². The molecule has 0 aliphatic carbocycles. The average Bonchev–Trinajstić information content (AvgIpc) is 2.52. The summed E-state index contributed by atoms with van der Waals surface area (Å²) in [5.41, 5.74) is 0. The van der Waals surface area contributed by atoms with Gasteiger partial charge in [0, 0.05) is 6.08 Å². The van der Waals surface area contributed by atoms with Crippen molar-refractivity contribution in [2.45, 2.75) is 30.5 Å². The Hall–Kier alpha value is -2.07. The van der Waals surface area contributed by atoms with E-state index in [0.29, 0.717) is 0 Å². The van der Waals surface area contributed by atoms with E-state index in [1.54, 1.807) is 0 Å². The smallest absolute Gasteiger partial charge is 0.331 e. The highest BCUT2D eigenvalue weighted by molar-refractivity contribution is 5.82. The molecule has 0 aromatic rings. The van der Waals surface area contributed by atoms with Gasteiger partial charge < -0.3 is 39.7 Å². The van der Waals surface area contributed by atoms with E-state index in [2.05, 4.69) is 0 Å². The van der Waals surface area contributed by atoms with Crippen molar-refractivity contribution < 1.29 is 44.5 Å². The van der Waals surface area contributed by atoms with Crippen LogP contribution in [-0.4, -0.2) is 75.7 Å². The number of aliphatic hydroxyl groups is 5. The molecular formula is C14H18O9. The molecule has 9 heteroatoms. The number of esters is 1. The van der Waals surface area contributed by atoms with Gasteiger partial charge in [0.1, 0.15) is 24.4 Å². The van der Waals surface area contributed by atoms with Gasteiger partial charge in [-0.25, -0.2) is 4.79 Å². The van der Waals surface area contributed by atoms with Crippen molar-refractivity contribution in [2.75, 3.05) is 13.7 Å². The molecule has 0 bridgehead atoms. The van der Waals surface area contributed by atoms with E-state index < -0.39 is 54.6 Å². The summed E-state index contributed by atoms with van der Waals surface area (Å²) in [5.74, 6) is -2.27. The summed E-state index contributed by atoms with van der Waals surface area (Å²) in [4.78, 5) is 11.7. The van der Waals surface area contributed by atoms with Crippen molar-refractivity contribution in [3.63, 3.8) is 0 Å². The molecule has 0 aromatic carbocycles. The first kappa shape index (κ1) is 17.3. The Morgan fingerprint density at radius 2 is 1.91 bits per heavy atom. The lowest BCUT2D eigenvalue weighted by molar-refractivity contribution is -0.226. The van der Waals surface area contributed by atoms with Crippen LogP contribution < -0.4 is 0 Å². The first-order chi connectivity index (χ1) is 10.9. The van der Waals surface area contributed by atoms with E-state index in [0.717, 1.165) is 18.2 Å². The molecule has 1 fully saturated rings. The van der Waals surface area contributed by atoms with Crippen LogP contribution in [0.5, 0.6) is 0 Å². The highest BCUT2D eigenvalue weighted by atomic mass is 16.6. The van der Waals surface area contributed by atoms with Crippen LogP contribution in [0.3, 0.4) is 0 Å². The second-order valence-corrected chi connectivity index (χ2v) is 5.01. The average molecular weight is 330 g/mol. The lowest BCUT2D eigenvalue weighted by atomic mass is 9.94. The van der Waals surface area contributed by atoms with Crippen LogP contribution in [0, 0.1) is 0 Å². The van der Waals surface area contributed by atoms with Gasteiger partial charge in [-0.1, -0.05) is 0 Å². The molecule has 2 heterocycles. The number of carbonyl (C=O) groups is 1. The van der Waals surface area contributed by atoms with E-state index in [1.165, 1.54) is 7.11 Å². The zero-order chi connectivity index (χ0) is 17.1. The van der Waals surface area contributed by atoms with Crippen molar-refractivity contribution in [1.82, 2.24) is 0 Å². The van der Waals surface area contributed by atoms with Crippen LogP contribution in [-0.2, 0) is 19.0 Å². The Bertz CT molecular complexity index is 550. The van der Waals surface area contributed by atoms with Crippen LogP contribution in [0.4, 0.5) is 0 Å². The summed E-state index contributed by atoms with van der Waals surface area (Å²) in [6, 6.07) is 0. The van der Waals surface area contributed by atoms with Gasteiger partial charge in [-0.15, -0.1) is 0 Å². The number of carbonyl (C=O) groups excluding carboxylic acids is 1. The maximum atomic E-state index is 11.7. The second-order valence-electron chi connectivity index (χ2n) is 5.01. The van der Waals surface area contributed by atoms with E-state index in [9.17, 15) is 30.3 Å². The number of aliphatic hydroxyl groups excluding tert-OH is 5. The predicted octanol–water partition coefficient (Wildman–Crippen LogP) is -1.19. The van der Waals surface area contributed by atoms with E-state index in [1.807, 2.05) is 0 Å². The number of methoxy groups -OCH3 is 1. The van der Waals surface area contributed by atoms with Crippen LogP contribution in [0.15, 0.2) is 35.5 Å². The molecule has 128 valence electrons. The molecule has 0 aromatic heterocycles. The molecular weight excluding hydrogens is 312 g/mol. The quantitative estimate of drug-likeness (QED) is 0.394. The molecule has 9 nitrogen and oxygen atoms in total. The molecule has 5 N–H and O–H groups in total. The molecule has 0 amide bonds. The lowest BCUT2D eigenvalue weighted by Crippen LogP contribution is -2.59. The third-order valence-corrected chi connectivity index (χ3v) is 3.52. The SMILES string of the molecule is COC1=C(O)\C=C\C(=O)OC2C(\C=C\1O)OC(CO)C(O)C2O. The molecule has 2 aliphatic rings. The molecule has 5 atom stereocenters. The van der Waals surface area contributed by atoms with Crippen molar-refractivity contribution in [3.05, 3.63) is 35.5 Å². The fraction of sp³-hybridized carbons (Fsp3) is 0.500. The number of fused-ring (bicyclic) bond motifs is 1. The van der Waals surface area contributed by atoms with E-state index >= 15 is 0 Å². The van der Waals surface area contributed by atoms with Gasteiger partial charge in [0.25, 0.3) is 0 Å². The molecule has 23 heavy (non-hydrogen) atoms. The Morgan fingerprint density at radius 1 is 1.22 bits per heavy atom. The third kappa shape index (κ3) is 3.48. The minimum Gasteiger partial charge on any atom is -0.504 e. The second kappa shape index (κ2) is 7.01. The van der Waals surface area contributed by atoms with Crippen LogP contribution >= 0.6 is 0 Å². The topological polar surface area (TPSA) is 146 Å². The molecule has 2 aliphatic heterocycles. The molecule has 0 spiro atoms. The highest BCUT2D eigenvalue weighted by Gasteiger charge is 2.46. The molecule has 2 rings (SSSR count). The molecule has 0 radical (unpaired) electrons. The van der Waals surface area contributed by atoms with Gasteiger partial charge in [-0.05, 0) is 12.2 Å². The maximum absolute atomic E-state index is 11.7. The number of hydrogen-bond acceptors (Lipinski definition) is 9. The number of hydrogen-bond donors (Lipinski definition) is 5. The fourth-order valence-corrected chi connectivity index (χ4v) is 2.36. The zero-order valence-electron chi connectivity index (χ0n) is 12.2. The Kier molecular flexibility index (Phi) is 5.26. The summed E-state index contributed by atoms with van der Waals surface area (Å²) < 4.78 is 15.2. The zero-order valence-corrected chi connectivity index (χ0v) is 12.2. The number of ether oxygens (including phenoxy) is 3. The number of allylic oxidation sites excluding steroid dienone is 1. The van der Waals surface area contributed by atoms with Crippen molar-refractivity contribution >= 4 is 5.97 Å². The Morgan fingerprint density at radius 3 is 2.52 bits per heavy atom. The Labute approximate surface area is 131 Å². The predicted molar refractivity (Wildman–Crippen MR) is 74.2 cm³/mol. The minimum atomic E-state index is -1.55. The lowest BCUT2D eigenvalue weighted by Gasteiger charge is -2.40.